The van der Waals surface area contributed by atoms with Crippen LogP contribution in [0.4, 0.5) is 14.5 Å². The van der Waals surface area contributed by atoms with Gasteiger partial charge < -0.3 is 9.73 Å². The highest BCUT2D eigenvalue weighted by Crippen LogP contribution is 2.21. The number of hydrogen-bond acceptors (Lipinski definition) is 4. The number of hydrogen-bond donors (Lipinski definition) is 1. The van der Waals surface area contributed by atoms with Crippen molar-refractivity contribution in [3.05, 3.63) is 65.0 Å². The van der Waals surface area contributed by atoms with E-state index in [-0.39, 0.29) is 22.5 Å². The molecule has 0 unspecified atom stereocenters. The van der Waals surface area contributed by atoms with E-state index in [1.54, 1.807) is 0 Å². The molecule has 5 nitrogen and oxygen atoms in total. The summed E-state index contributed by atoms with van der Waals surface area (Å²) in [4.78, 5) is 12.0. The molecule has 0 fully saturated rings. The Morgan fingerprint density at radius 2 is 1.83 bits per heavy atom. The van der Waals surface area contributed by atoms with Crippen molar-refractivity contribution in [3.63, 3.8) is 0 Å². The number of anilines is 1. The maximum Gasteiger partial charge on any atom is 0.313 e. The molecule has 0 saturated carbocycles. The summed E-state index contributed by atoms with van der Waals surface area (Å²) in [7, 11) is 0. The Kier molecular flexibility index (Phi) is 4.03. The quantitative estimate of drug-likeness (QED) is 0.787. The zero-order valence-corrected chi connectivity index (χ0v) is 12.1. The van der Waals surface area contributed by atoms with Crippen LogP contribution in [0.2, 0.25) is 5.02 Å². The zero-order chi connectivity index (χ0) is 16.4. The van der Waals surface area contributed by atoms with Crippen molar-refractivity contribution in [2.24, 2.45) is 0 Å². The number of aromatic nitrogens is 2. The SMILES string of the molecule is O=C(Nc1ccc(F)c(Cl)c1)c1nnc(-c2ccc(F)cc2)o1. The van der Waals surface area contributed by atoms with E-state index < -0.39 is 17.5 Å². The van der Waals surface area contributed by atoms with Crippen molar-refractivity contribution in [1.29, 1.82) is 0 Å². The number of benzene rings is 2. The van der Waals surface area contributed by atoms with Gasteiger partial charge in [0.1, 0.15) is 11.6 Å². The Morgan fingerprint density at radius 1 is 1.09 bits per heavy atom. The van der Waals surface area contributed by atoms with Crippen LogP contribution >= 0.6 is 11.6 Å². The molecule has 0 bridgehead atoms. The van der Waals surface area contributed by atoms with Crippen molar-refractivity contribution in [3.8, 4) is 11.5 Å². The molecular weight excluding hydrogens is 328 g/mol. The molecule has 1 aromatic heterocycles. The third-order valence-electron chi connectivity index (χ3n) is 2.89. The van der Waals surface area contributed by atoms with E-state index in [2.05, 4.69) is 15.5 Å². The Hall–Kier alpha value is -2.80. The number of amides is 1. The van der Waals surface area contributed by atoms with Gasteiger partial charge in [0.25, 0.3) is 0 Å². The molecule has 1 N–H and O–H groups in total. The van der Waals surface area contributed by atoms with Crippen LogP contribution in [0.1, 0.15) is 10.7 Å². The average Bonchev–Trinajstić information content (AvgIpc) is 3.02. The topological polar surface area (TPSA) is 68.0 Å². The van der Waals surface area contributed by atoms with Gasteiger partial charge in [0, 0.05) is 11.3 Å². The normalized spacial score (nSPS) is 10.6. The molecule has 0 aliphatic rings. The van der Waals surface area contributed by atoms with Crippen LogP contribution < -0.4 is 5.32 Å². The first-order valence-electron chi connectivity index (χ1n) is 6.39. The molecular formula is C15H8ClF2N3O2. The third-order valence-corrected chi connectivity index (χ3v) is 3.18. The number of halogens is 3. The van der Waals surface area contributed by atoms with Crippen molar-refractivity contribution >= 4 is 23.2 Å². The van der Waals surface area contributed by atoms with Gasteiger partial charge in [-0.25, -0.2) is 8.78 Å². The third kappa shape index (κ3) is 3.35. The fourth-order valence-electron chi connectivity index (χ4n) is 1.78. The van der Waals surface area contributed by atoms with Crippen LogP contribution in [-0.4, -0.2) is 16.1 Å². The Labute approximate surface area is 133 Å². The highest BCUT2D eigenvalue weighted by Gasteiger charge is 2.16. The largest absolute Gasteiger partial charge is 0.412 e. The molecule has 23 heavy (non-hydrogen) atoms. The average molecular weight is 336 g/mol. The molecule has 3 rings (SSSR count). The predicted molar refractivity (Wildman–Crippen MR) is 79.1 cm³/mol. The number of carbonyl (C=O) groups excluding carboxylic acids is 1. The van der Waals surface area contributed by atoms with Crippen LogP contribution in [0.15, 0.2) is 46.9 Å². The molecule has 0 atom stereocenters. The van der Waals surface area contributed by atoms with Crippen molar-refractivity contribution in [2.75, 3.05) is 5.32 Å². The summed E-state index contributed by atoms with van der Waals surface area (Å²) < 4.78 is 31.2. The van der Waals surface area contributed by atoms with Crippen LogP contribution in [0.3, 0.4) is 0 Å². The van der Waals surface area contributed by atoms with E-state index in [9.17, 15) is 13.6 Å². The number of carbonyl (C=O) groups is 1. The van der Waals surface area contributed by atoms with Crippen molar-refractivity contribution in [2.45, 2.75) is 0 Å². The first-order valence-corrected chi connectivity index (χ1v) is 6.76. The molecule has 1 heterocycles. The van der Waals surface area contributed by atoms with Crippen LogP contribution in [0.25, 0.3) is 11.5 Å². The predicted octanol–water partition coefficient (Wildman–Crippen LogP) is 3.92. The molecule has 116 valence electrons. The molecule has 0 aliphatic heterocycles. The second-order valence-corrected chi connectivity index (χ2v) is 4.91. The molecule has 0 radical (unpaired) electrons. The highest BCUT2D eigenvalue weighted by atomic mass is 35.5. The first kappa shape index (κ1) is 15.1. The lowest BCUT2D eigenvalue weighted by Crippen LogP contribution is -2.12. The van der Waals surface area contributed by atoms with Gasteiger partial charge in [-0.2, -0.15) is 0 Å². The van der Waals surface area contributed by atoms with Crippen molar-refractivity contribution in [1.82, 2.24) is 10.2 Å². The van der Waals surface area contributed by atoms with Gasteiger partial charge in [0.15, 0.2) is 0 Å². The Morgan fingerprint density at radius 3 is 2.52 bits per heavy atom. The van der Waals surface area contributed by atoms with Gasteiger partial charge in [0.05, 0.1) is 5.02 Å². The lowest BCUT2D eigenvalue weighted by molar-refractivity contribution is 0.0991. The molecule has 3 aromatic rings. The lowest BCUT2D eigenvalue weighted by atomic mass is 10.2. The fraction of sp³-hybridized carbons (Fsp3) is 0. The zero-order valence-electron chi connectivity index (χ0n) is 11.4. The summed E-state index contributed by atoms with van der Waals surface area (Å²) in [5, 5.41) is 9.68. The van der Waals surface area contributed by atoms with Gasteiger partial charge >= 0.3 is 11.8 Å². The summed E-state index contributed by atoms with van der Waals surface area (Å²) >= 11 is 5.63. The summed E-state index contributed by atoms with van der Waals surface area (Å²) in [5.74, 6) is -1.88. The highest BCUT2D eigenvalue weighted by molar-refractivity contribution is 6.31. The maximum absolute atomic E-state index is 13.1. The summed E-state index contributed by atoms with van der Waals surface area (Å²) in [6.07, 6.45) is 0. The molecule has 8 heteroatoms. The van der Waals surface area contributed by atoms with E-state index in [4.69, 9.17) is 16.0 Å². The number of rotatable bonds is 3. The molecule has 2 aromatic carbocycles. The Balaban J connectivity index is 1.78. The fourth-order valence-corrected chi connectivity index (χ4v) is 1.96. The molecule has 0 spiro atoms. The molecule has 0 aliphatic carbocycles. The van der Waals surface area contributed by atoms with Gasteiger partial charge in [0.2, 0.25) is 5.89 Å². The van der Waals surface area contributed by atoms with Crippen LogP contribution in [0.5, 0.6) is 0 Å². The second kappa shape index (κ2) is 6.13. The first-order chi connectivity index (χ1) is 11.0. The summed E-state index contributed by atoms with van der Waals surface area (Å²) in [5.41, 5.74) is 0.755. The second-order valence-electron chi connectivity index (χ2n) is 4.50. The van der Waals surface area contributed by atoms with E-state index in [1.165, 1.54) is 36.4 Å². The van der Waals surface area contributed by atoms with E-state index in [1.807, 2.05) is 0 Å². The lowest BCUT2D eigenvalue weighted by Gasteiger charge is -2.03. The smallest absolute Gasteiger partial charge is 0.313 e. The van der Waals surface area contributed by atoms with E-state index in [0.717, 1.165) is 6.07 Å². The van der Waals surface area contributed by atoms with Crippen LogP contribution in [0, 0.1) is 11.6 Å². The number of nitrogens with zero attached hydrogens (tertiary/aromatic N) is 2. The monoisotopic (exact) mass is 335 g/mol. The minimum absolute atomic E-state index is 0.0762. The van der Waals surface area contributed by atoms with Gasteiger partial charge in [-0.1, -0.05) is 11.6 Å². The molecule has 0 saturated heterocycles. The standard InChI is InChI=1S/C15H8ClF2N3O2/c16-11-7-10(5-6-12(11)18)19-13(22)15-21-20-14(23-15)8-1-3-9(17)4-2-8/h1-7H,(H,19,22). The van der Waals surface area contributed by atoms with E-state index in [0.29, 0.717) is 5.56 Å². The van der Waals surface area contributed by atoms with Crippen LogP contribution in [-0.2, 0) is 0 Å². The molecule has 1 amide bonds. The van der Waals surface area contributed by atoms with Gasteiger partial charge in [-0.15, -0.1) is 10.2 Å². The van der Waals surface area contributed by atoms with Gasteiger partial charge in [-0.3, -0.25) is 4.79 Å². The van der Waals surface area contributed by atoms with Gasteiger partial charge in [-0.05, 0) is 42.5 Å². The summed E-state index contributed by atoms with van der Waals surface area (Å²) in [6, 6.07) is 9.09. The summed E-state index contributed by atoms with van der Waals surface area (Å²) in [6.45, 7) is 0. The Bertz CT molecular complexity index is 865. The minimum Gasteiger partial charge on any atom is -0.412 e. The minimum atomic E-state index is -0.673. The maximum atomic E-state index is 13.1. The number of nitrogens with one attached hydrogen (secondary N) is 1. The van der Waals surface area contributed by atoms with Crippen molar-refractivity contribution < 1.29 is 18.0 Å². The van der Waals surface area contributed by atoms with E-state index >= 15 is 0 Å².